The summed E-state index contributed by atoms with van der Waals surface area (Å²) in [5.74, 6) is -1.11. The standard InChI is InChI=1S/C11H6BrClN6O2/c12-6-1-2-7(8(9(6)13)11(20)21)15-4-5(3-14)10-16-18-19-17-10/h1-2,4,15H,(H,20,21)(H,16,17,18,19). The van der Waals surface area contributed by atoms with Gasteiger partial charge in [-0.2, -0.15) is 10.5 Å². The normalized spacial score (nSPS) is 11.0. The number of nitrogens with zero attached hydrogens (tertiary/aromatic N) is 4. The van der Waals surface area contributed by atoms with Gasteiger partial charge in [0.15, 0.2) is 0 Å². The van der Waals surface area contributed by atoms with Gasteiger partial charge in [0.1, 0.15) is 17.2 Å². The van der Waals surface area contributed by atoms with Crippen LogP contribution in [0.15, 0.2) is 22.8 Å². The Hall–Kier alpha value is -2.44. The van der Waals surface area contributed by atoms with Gasteiger partial charge in [0.2, 0.25) is 5.82 Å². The van der Waals surface area contributed by atoms with E-state index in [0.29, 0.717) is 4.47 Å². The number of carboxylic acids is 1. The molecule has 0 saturated heterocycles. The molecule has 1 aromatic heterocycles. The highest BCUT2D eigenvalue weighted by molar-refractivity contribution is 9.10. The molecule has 21 heavy (non-hydrogen) atoms. The molecule has 0 aliphatic rings. The van der Waals surface area contributed by atoms with E-state index >= 15 is 0 Å². The van der Waals surface area contributed by atoms with Crippen molar-refractivity contribution in [2.75, 3.05) is 5.32 Å². The van der Waals surface area contributed by atoms with Gasteiger partial charge < -0.3 is 10.4 Å². The average molecular weight is 370 g/mol. The Morgan fingerprint density at radius 2 is 2.33 bits per heavy atom. The van der Waals surface area contributed by atoms with Gasteiger partial charge in [-0.15, -0.1) is 10.2 Å². The second-order valence-corrected chi connectivity index (χ2v) is 4.87. The highest BCUT2D eigenvalue weighted by Gasteiger charge is 2.17. The first-order valence-corrected chi connectivity index (χ1v) is 6.53. The highest BCUT2D eigenvalue weighted by atomic mass is 79.9. The quantitative estimate of drug-likeness (QED) is 0.705. The Bertz CT molecular complexity index is 753. The lowest BCUT2D eigenvalue weighted by molar-refractivity contribution is 0.0698. The third-order valence-electron chi connectivity index (χ3n) is 2.39. The molecule has 0 aliphatic heterocycles. The summed E-state index contributed by atoms with van der Waals surface area (Å²) < 4.78 is 0.453. The lowest BCUT2D eigenvalue weighted by Crippen LogP contribution is -2.04. The fraction of sp³-hybridized carbons (Fsp3) is 0. The van der Waals surface area contributed by atoms with Crippen molar-refractivity contribution in [3.63, 3.8) is 0 Å². The number of benzene rings is 1. The SMILES string of the molecule is N#CC(=CNc1ccc(Br)c(Cl)c1C(=O)O)c1nn[nH]n1. The Balaban J connectivity index is 2.39. The molecule has 0 amide bonds. The zero-order valence-corrected chi connectivity index (χ0v) is 12.5. The second-order valence-electron chi connectivity index (χ2n) is 3.64. The summed E-state index contributed by atoms with van der Waals surface area (Å²) in [7, 11) is 0. The van der Waals surface area contributed by atoms with Gasteiger partial charge in [-0.05, 0) is 33.3 Å². The van der Waals surface area contributed by atoms with Crippen LogP contribution in [0.5, 0.6) is 0 Å². The first-order valence-electron chi connectivity index (χ1n) is 5.36. The number of aromatic amines is 1. The van der Waals surface area contributed by atoms with E-state index in [1.54, 1.807) is 6.07 Å². The number of H-pyrrole nitrogens is 1. The number of carboxylic acid groups (broad SMARTS) is 1. The van der Waals surface area contributed by atoms with Crippen LogP contribution < -0.4 is 5.32 Å². The smallest absolute Gasteiger partial charge is 0.339 e. The van der Waals surface area contributed by atoms with Crippen LogP contribution in [0.4, 0.5) is 5.69 Å². The number of aromatic nitrogens is 4. The van der Waals surface area contributed by atoms with Crippen molar-refractivity contribution in [1.82, 2.24) is 20.6 Å². The predicted molar refractivity (Wildman–Crippen MR) is 77.5 cm³/mol. The number of tetrazole rings is 1. The van der Waals surface area contributed by atoms with E-state index in [1.165, 1.54) is 12.3 Å². The van der Waals surface area contributed by atoms with Crippen molar-refractivity contribution in [2.24, 2.45) is 0 Å². The van der Waals surface area contributed by atoms with Crippen LogP contribution in [0.3, 0.4) is 0 Å². The minimum absolute atomic E-state index is 0.0546. The van der Waals surface area contributed by atoms with Crippen LogP contribution >= 0.6 is 27.5 Å². The summed E-state index contributed by atoms with van der Waals surface area (Å²) in [5.41, 5.74) is 0.193. The summed E-state index contributed by atoms with van der Waals surface area (Å²) in [6, 6.07) is 4.98. The summed E-state index contributed by atoms with van der Waals surface area (Å²) in [4.78, 5) is 11.3. The van der Waals surface area contributed by atoms with Gasteiger partial charge in [0.05, 0.1) is 10.7 Å². The van der Waals surface area contributed by atoms with Gasteiger partial charge in [0.25, 0.3) is 0 Å². The third-order valence-corrected chi connectivity index (χ3v) is 3.67. The number of nitrogens with one attached hydrogen (secondary N) is 2. The van der Waals surface area contributed by atoms with E-state index in [9.17, 15) is 9.90 Å². The maximum atomic E-state index is 11.3. The molecule has 0 bridgehead atoms. The monoisotopic (exact) mass is 368 g/mol. The number of nitriles is 1. The first-order chi connectivity index (χ1) is 10.0. The maximum Gasteiger partial charge on any atom is 0.339 e. The van der Waals surface area contributed by atoms with E-state index < -0.39 is 5.97 Å². The number of hydrogen-bond acceptors (Lipinski definition) is 6. The van der Waals surface area contributed by atoms with E-state index in [4.69, 9.17) is 16.9 Å². The van der Waals surface area contributed by atoms with Crippen LogP contribution in [-0.2, 0) is 0 Å². The van der Waals surface area contributed by atoms with Gasteiger partial charge >= 0.3 is 5.97 Å². The Labute approximate surface area is 131 Å². The van der Waals surface area contributed by atoms with Gasteiger partial charge in [-0.1, -0.05) is 11.6 Å². The number of rotatable bonds is 4. The fourth-order valence-electron chi connectivity index (χ4n) is 1.45. The Morgan fingerprint density at radius 3 is 2.90 bits per heavy atom. The number of halogens is 2. The molecular weight excluding hydrogens is 364 g/mol. The Morgan fingerprint density at radius 1 is 1.57 bits per heavy atom. The molecule has 0 unspecified atom stereocenters. The summed E-state index contributed by atoms with van der Waals surface area (Å²) in [6.45, 7) is 0. The molecule has 10 heteroatoms. The third kappa shape index (κ3) is 3.18. The first kappa shape index (κ1) is 15.0. The van der Waals surface area contributed by atoms with Gasteiger partial charge in [-0.25, -0.2) is 4.79 Å². The summed E-state index contributed by atoms with van der Waals surface area (Å²) >= 11 is 9.10. The van der Waals surface area contributed by atoms with Crippen molar-refractivity contribution >= 4 is 44.8 Å². The zero-order valence-electron chi connectivity index (χ0n) is 10.1. The number of anilines is 1. The largest absolute Gasteiger partial charge is 0.478 e. The zero-order chi connectivity index (χ0) is 15.4. The number of aromatic carboxylic acids is 1. The molecule has 8 nitrogen and oxygen atoms in total. The van der Waals surface area contributed by atoms with Gasteiger partial charge in [-0.3, -0.25) is 0 Å². The van der Waals surface area contributed by atoms with Crippen LogP contribution in [0.2, 0.25) is 5.02 Å². The molecule has 0 saturated carbocycles. The fourth-order valence-corrected chi connectivity index (χ4v) is 2.03. The highest BCUT2D eigenvalue weighted by Crippen LogP contribution is 2.32. The number of carbonyl (C=O) groups is 1. The van der Waals surface area contributed by atoms with Crippen molar-refractivity contribution in [3.05, 3.63) is 39.2 Å². The lowest BCUT2D eigenvalue weighted by Gasteiger charge is -2.09. The predicted octanol–water partition coefficient (Wildman–Crippen LogP) is 2.29. The van der Waals surface area contributed by atoms with Crippen molar-refractivity contribution in [1.29, 1.82) is 5.26 Å². The molecule has 2 rings (SSSR count). The van der Waals surface area contributed by atoms with E-state index in [1.807, 2.05) is 6.07 Å². The van der Waals surface area contributed by atoms with Crippen molar-refractivity contribution < 1.29 is 9.90 Å². The summed E-state index contributed by atoms with van der Waals surface area (Å²) in [6.07, 6.45) is 1.27. The maximum absolute atomic E-state index is 11.3. The minimum atomic E-state index is -1.20. The topological polar surface area (TPSA) is 128 Å². The molecule has 0 atom stereocenters. The minimum Gasteiger partial charge on any atom is -0.478 e. The van der Waals surface area contributed by atoms with E-state index in [-0.39, 0.29) is 27.7 Å². The molecule has 1 heterocycles. The average Bonchev–Trinajstić information content (AvgIpc) is 2.97. The molecule has 2 aromatic rings. The molecule has 1 aromatic carbocycles. The van der Waals surface area contributed by atoms with Crippen LogP contribution in [0.25, 0.3) is 5.57 Å². The summed E-state index contributed by atoms with van der Waals surface area (Å²) in [5, 5.41) is 33.9. The van der Waals surface area contributed by atoms with Crippen LogP contribution in [0, 0.1) is 11.3 Å². The van der Waals surface area contributed by atoms with Crippen molar-refractivity contribution in [2.45, 2.75) is 0 Å². The van der Waals surface area contributed by atoms with Gasteiger partial charge in [0, 0.05) is 10.7 Å². The lowest BCUT2D eigenvalue weighted by atomic mass is 10.1. The number of allylic oxidation sites excluding steroid dienone is 1. The van der Waals surface area contributed by atoms with E-state index in [2.05, 4.69) is 41.9 Å². The van der Waals surface area contributed by atoms with Crippen LogP contribution in [-0.4, -0.2) is 31.7 Å². The molecule has 0 fully saturated rings. The van der Waals surface area contributed by atoms with E-state index in [0.717, 1.165) is 0 Å². The molecule has 0 radical (unpaired) electrons. The molecular formula is C11H6BrClN6O2. The molecule has 106 valence electrons. The molecule has 3 N–H and O–H groups in total. The molecule has 0 aliphatic carbocycles. The van der Waals surface area contributed by atoms with Crippen molar-refractivity contribution in [3.8, 4) is 6.07 Å². The Kier molecular flexibility index (Phi) is 4.52. The second kappa shape index (κ2) is 6.34. The number of hydrogen-bond donors (Lipinski definition) is 3. The molecule has 0 spiro atoms. The van der Waals surface area contributed by atoms with Crippen LogP contribution in [0.1, 0.15) is 16.2 Å².